The van der Waals surface area contributed by atoms with Gasteiger partial charge in [-0.25, -0.2) is 8.42 Å². The van der Waals surface area contributed by atoms with Crippen LogP contribution in [0, 0.1) is 5.92 Å². The molecular weight excluding hydrogens is 242 g/mol. The molecule has 0 aromatic carbocycles. The zero-order valence-electron chi connectivity index (χ0n) is 10.4. The zero-order valence-corrected chi connectivity index (χ0v) is 11.2. The largest absolute Gasteiger partial charge is 0.394 e. The van der Waals surface area contributed by atoms with Gasteiger partial charge in [-0.2, -0.15) is 0 Å². The van der Waals surface area contributed by atoms with E-state index in [4.69, 9.17) is 0 Å². The fraction of sp³-hybridized carbons (Fsp3) is 0.909. The van der Waals surface area contributed by atoms with Crippen molar-refractivity contribution in [2.75, 3.05) is 18.6 Å². The monoisotopic (exact) mass is 263 g/mol. The second-order valence-electron chi connectivity index (χ2n) is 5.26. The van der Waals surface area contributed by atoms with Gasteiger partial charge < -0.3 is 10.4 Å². The zero-order chi connectivity index (χ0) is 13.1. The Bertz CT molecular complexity index is 379. The highest BCUT2D eigenvalue weighted by molar-refractivity contribution is 7.91. The predicted molar refractivity (Wildman–Crippen MR) is 65.3 cm³/mol. The SMILES string of the molecule is CC1CCCC(CO)(NC(=O)CS(C)(=O)=O)C1. The van der Waals surface area contributed by atoms with Gasteiger partial charge in [-0.3, -0.25) is 4.79 Å². The minimum absolute atomic E-state index is 0.132. The van der Waals surface area contributed by atoms with Gasteiger partial charge in [0.15, 0.2) is 9.84 Å². The molecule has 5 nitrogen and oxygen atoms in total. The van der Waals surface area contributed by atoms with E-state index >= 15 is 0 Å². The number of hydrogen-bond donors (Lipinski definition) is 2. The fourth-order valence-corrected chi connectivity index (χ4v) is 3.08. The molecule has 1 fully saturated rings. The first-order valence-electron chi connectivity index (χ1n) is 5.86. The number of carbonyl (C=O) groups excluding carboxylic acids is 1. The smallest absolute Gasteiger partial charge is 0.235 e. The third kappa shape index (κ3) is 4.63. The molecule has 0 heterocycles. The Balaban J connectivity index is 2.65. The lowest BCUT2D eigenvalue weighted by atomic mass is 9.77. The molecule has 1 saturated carbocycles. The number of aliphatic hydroxyl groups excluding tert-OH is 1. The predicted octanol–water partition coefficient (Wildman–Crippen LogP) is 0.0884. The Hall–Kier alpha value is -0.620. The van der Waals surface area contributed by atoms with Crippen molar-refractivity contribution in [3.8, 4) is 0 Å². The van der Waals surface area contributed by atoms with Crippen molar-refractivity contribution in [1.29, 1.82) is 0 Å². The maximum atomic E-state index is 11.6. The molecule has 0 aliphatic heterocycles. The lowest BCUT2D eigenvalue weighted by Gasteiger charge is -2.39. The summed E-state index contributed by atoms with van der Waals surface area (Å²) in [6.07, 6.45) is 4.48. The Morgan fingerprint density at radius 3 is 2.65 bits per heavy atom. The molecule has 0 radical (unpaired) electrons. The van der Waals surface area contributed by atoms with Crippen LogP contribution in [0.3, 0.4) is 0 Å². The summed E-state index contributed by atoms with van der Waals surface area (Å²) < 4.78 is 22.0. The summed E-state index contributed by atoms with van der Waals surface area (Å²) in [6.45, 7) is 1.94. The minimum atomic E-state index is -3.32. The van der Waals surface area contributed by atoms with E-state index in [0.717, 1.165) is 19.1 Å². The van der Waals surface area contributed by atoms with Crippen LogP contribution in [0.15, 0.2) is 0 Å². The summed E-state index contributed by atoms with van der Waals surface area (Å²) in [4.78, 5) is 11.6. The first-order chi connectivity index (χ1) is 7.76. The average molecular weight is 263 g/mol. The van der Waals surface area contributed by atoms with Gasteiger partial charge >= 0.3 is 0 Å². The Kier molecular flexibility index (Phi) is 4.55. The van der Waals surface area contributed by atoms with E-state index in [1.165, 1.54) is 0 Å². The van der Waals surface area contributed by atoms with Gasteiger partial charge in [-0.15, -0.1) is 0 Å². The van der Waals surface area contributed by atoms with E-state index < -0.39 is 27.0 Å². The van der Waals surface area contributed by atoms with Crippen molar-refractivity contribution < 1.29 is 18.3 Å². The van der Waals surface area contributed by atoms with Crippen LogP contribution in [0.2, 0.25) is 0 Å². The molecule has 1 aliphatic carbocycles. The quantitative estimate of drug-likeness (QED) is 0.753. The van der Waals surface area contributed by atoms with Crippen molar-refractivity contribution in [3.63, 3.8) is 0 Å². The van der Waals surface area contributed by atoms with E-state index in [1.807, 2.05) is 0 Å². The lowest BCUT2D eigenvalue weighted by Crippen LogP contribution is -2.55. The van der Waals surface area contributed by atoms with Crippen LogP contribution < -0.4 is 5.32 Å². The topological polar surface area (TPSA) is 83.5 Å². The van der Waals surface area contributed by atoms with Crippen LogP contribution in [0.4, 0.5) is 0 Å². The summed E-state index contributed by atoms with van der Waals surface area (Å²) in [5.74, 6) is -0.589. The molecule has 1 rings (SSSR count). The number of hydrogen-bond acceptors (Lipinski definition) is 4. The van der Waals surface area contributed by atoms with Crippen LogP contribution in [-0.2, 0) is 14.6 Å². The molecule has 2 unspecified atom stereocenters. The summed E-state index contributed by atoms with van der Waals surface area (Å²) in [5.41, 5.74) is -0.626. The highest BCUT2D eigenvalue weighted by Gasteiger charge is 2.36. The van der Waals surface area contributed by atoms with Crippen molar-refractivity contribution in [2.45, 2.75) is 38.1 Å². The number of aliphatic hydroxyl groups is 1. The molecule has 0 aromatic heterocycles. The van der Waals surface area contributed by atoms with E-state index in [9.17, 15) is 18.3 Å². The number of sulfone groups is 1. The van der Waals surface area contributed by atoms with Crippen molar-refractivity contribution >= 4 is 15.7 Å². The van der Waals surface area contributed by atoms with Gasteiger partial charge in [0.1, 0.15) is 5.75 Å². The van der Waals surface area contributed by atoms with Gasteiger partial charge in [0, 0.05) is 6.26 Å². The summed E-state index contributed by atoms with van der Waals surface area (Å²) in [7, 11) is -3.32. The van der Waals surface area contributed by atoms with E-state index in [1.54, 1.807) is 0 Å². The molecule has 1 aliphatic rings. The van der Waals surface area contributed by atoms with Crippen LogP contribution in [-0.4, -0.2) is 43.6 Å². The Morgan fingerprint density at radius 1 is 1.53 bits per heavy atom. The molecule has 100 valence electrons. The molecule has 0 spiro atoms. The maximum Gasteiger partial charge on any atom is 0.235 e. The van der Waals surface area contributed by atoms with E-state index in [2.05, 4.69) is 12.2 Å². The first-order valence-corrected chi connectivity index (χ1v) is 7.92. The minimum Gasteiger partial charge on any atom is -0.394 e. The highest BCUT2D eigenvalue weighted by Crippen LogP contribution is 2.31. The second kappa shape index (κ2) is 5.35. The van der Waals surface area contributed by atoms with Gasteiger partial charge in [-0.1, -0.05) is 19.8 Å². The first kappa shape index (κ1) is 14.4. The molecule has 0 saturated heterocycles. The number of amides is 1. The standard InChI is InChI=1S/C11H21NO4S/c1-9-4-3-5-11(6-9,8-13)12-10(14)7-17(2,15)16/h9,13H,3-8H2,1-2H3,(H,12,14). The average Bonchev–Trinajstić information content (AvgIpc) is 2.14. The molecule has 6 heteroatoms. The fourth-order valence-electron chi connectivity index (χ4n) is 2.53. The third-order valence-corrected chi connectivity index (χ3v) is 3.98. The Labute approximate surface area is 103 Å². The Morgan fingerprint density at radius 2 is 2.18 bits per heavy atom. The summed E-state index contributed by atoms with van der Waals surface area (Å²) in [6, 6.07) is 0. The molecule has 1 amide bonds. The van der Waals surface area contributed by atoms with Gasteiger partial charge in [0.2, 0.25) is 5.91 Å². The number of carbonyl (C=O) groups is 1. The van der Waals surface area contributed by atoms with E-state index in [0.29, 0.717) is 18.8 Å². The van der Waals surface area contributed by atoms with Gasteiger partial charge in [-0.05, 0) is 18.8 Å². The maximum absolute atomic E-state index is 11.6. The van der Waals surface area contributed by atoms with E-state index in [-0.39, 0.29) is 6.61 Å². The van der Waals surface area contributed by atoms with Crippen LogP contribution in [0.5, 0.6) is 0 Å². The summed E-state index contributed by atoms with van der Waals surface area (Å²) in [5, 5.41) is 12.1. The van der Waals surface area contributed by atoms with Gasteiger partial charge in [0.25, 0.3) is 0 Å². The van der Waals surface area contributed by atoms with Crippen molar-refractivity contribution in [1.82, 2.24) is 5.32 Å². The molecular formula is C11H21NO4S. The summed E-state index contributed by atoms with van der Waals surface area (Å²) >= 11 is 0. The van der Waals surface area contributed by atoms with Crippen molar-refractivity contribution in [3.05, 3.63) is 0 Å². The third-order valence-electron chi connectivity index (χ3n) is 3.19. The second-order valence-corrected chi connectivity index (χ2v) is 7.40. The number of nitrogens with one attached hydrogen (secondary N) is 1. The normalized spacial score (nSPS) is 29.9. The molecule has 2 atom stereocenters. The highest BCUT2D eigenvalue weighted by atomic mass is 32.2. The van der Waals surface area contributed by atoms with Gasteiger partial charge in [0.05, 0.1) is 12.1 Å². The molecule has 0 bridgehead atoms. The number of rotatable bonds is 4. The molecule has 17 heavy (non-hydrogen) atoms. The van der Waals surface area contributed by atoms with Crippen LogP contribution in [0.1, 0.15) is 32.6 Å². The van der Waals surface area contributed by atoms with Crippen LogP contribution in [0.25, 0.3) is 0 Å². The lowest BCUT2D eigenvalue weighted by molar-refractivity contribution is -0.121. The molecule has 0 aromatic rings. The van der Waals surface area contributed by atoms with Crippen molar-refractivity contribution in [2.24, 2.45) is 5.92 Å². The molecule has 2 N–H and O–H groups in total. The van der Waals surface area contributed by atoms with Crippen LogP contribution >= 0.6 is 0 Å².